The highest BCUT2D eigenvalue weighted by molar-refractivity contribution is 7.79. The van der Waals surface area contributed by atoms with Crippen molar-refractivity contribution in [1.29, 1.82) is 0 Å². The van der Waals surface area contributed by atoms with E-state index in [2.05, 4.69) is 87.4 Å². The minimum Gasteiger partial charge on any atom is -0.480 e. The Morgan fingerprint density at radius 3 is 1.58 bits per heavy atom. The highest BCUT2D eigenvalue weighted by Gasteiger charge is 2.34. The largest absolute Gasteiger partial charge is 0.480 e. The van der Waals surface area contributed by atoms with Gasteiger partial charge in [-0.25, -0.2) is 19.2 Å². The van der Waals surface area contributed by atoms with Crippen molar-refractivity contribution in [1.82, 2.24) is 10.6 Å². The molecule has 2 aliphatic carbocycles. The van der Waals surface area contributed by atoms with Gasteiger partial charge in [-0.3, -0.25) is 4.79 Å². The maximum atomic E-state index is 12.6. The number of hydrogen-bond acceptors (Lipinski definition) is 10. The number of Topliss-reactive ketones (excluding diaryl/α,β-unsaturated/α-hetero) is 1. The molecule has 4 rings (SSSR count). The lowest BCUT2D eigenvalue weighted by Gasteiger charge is -2.37. The highest BCUT2D eigenvalue weighted by Crippen LogP contribution is 2.44. The summed E-state index contributed by atoms with van der Waals surface area (Å²) >= 11 is 3.53. The van der Waals surface area contributed by atoms with Gasteiger partial charge in [0, 0.05) is 25.4 Å². The summed E-state index contributed by atoms with van der Waals surface area (Å²) in [6, 6.07) is 14.8. The van der Waals surface area contributed by atoms with E-state index in [-0.39, 0.29) is 56.0 Å². The molecule has 2 aliphatic rings. The molecule has 0 saturated carbocycles. The van der Waals surface area contributed by atoms with Crippen molar-refractivity contribution in [2.24, 2.45) is 11.5 Å². The van der Waals surface area contributed by atoms with E-state index in [1.54, 1.807) is 47.8 Å². The van der Waals surface area contributed by atoms with Crippen molar-refractivity contribution < 1.29 is 43.7 Å². The van der Waals surface area contributed by atoms with Crippen LogP contribution >= 0.6 is 26.1 Å². The lowest BCUT2D eigenvalue weighted by atomic mass is 9.68. The SMILES string of the molecule is CC(C)(C)OC(=O)N[C@@H](CCC(=O)CC1CCC(C)(C)c2ccccc21)C(=O)O.CC(C)(C)OC(=O)N[C@@H](CN)C(=O)O.CC1(C)CCC(N)c2ccccc21.CS.S. The monoisotopic (exact) mass is 864 g/mol. The van der Waals surface area contributed by atoms with E-state index in [4.69, 9.17) is 26.0 Å². The predicted molar refractivity (Wildman–Crippen MR) is 242 cm³/mol. The minimum absolute atomic E-state index is 0. The van der Waals surface area contributed by atoms with Gasteiger partial charge in [0.15, 0.2) is 0 Å². The molecule has 15 heteroatoms. The zero-order valence-electron chi connectivity index (χ0n) is 36.9. The number of amides is 2. The Balaban J connectivity index is 0.000000934. The van der Waals surface area contributed by atoms with E-state index in [1.807, 2.05) is 12.1 Å². The second-order valence-corrected chi connectivity index (χ2v) is 17.9. The first kappa shape index (κ1) is 55.2. The summed E-state index contributed by atoms with van der Waals surface area (Å²) in [5.74, 6) is -2.18. The van der Waals surface area contributed by atoms with E-state index >= 15 is 0 Å². The smallest absolute Gasteiger partial charge is 0.408 e. The molecule has 59 heavy (non-hydrogen) atoms. The molecule has 0 aromatic heterocycles. The topological polar surface area (TPSA) is 220 Å². The van der Waals surface area contributed by atoms with Crippen molar-refractivity contribution >= 4 is 56.0 Å². The van der Waals surface area contributed by atoms with Gasteiger partial charge in [0.25, 0.3) is 0 Å². The van der Waals surface area contributed by atoms with Gasteiger partial charge in [0.05, 0.1) is 0 Å². The van der Waals surface area contributed by atoms with Crippen LogP contribution in [0.3, 0.4) is 0 Å². The summed E-state index contributed by atoms with van der Waals surface area (Å²) in [5.41, 5.74) is 15.5. The van der Waals surface area contributed by atoms with Crippen LogP contribution in [0.15, 0.2) is 48.5 Å². The summed E-state index contributed by atoms with van der Waals surface area (Å²) in [4.78, 5) is 57.5. The Bertz CT molecular complexity index is 1670. The number of ketones is 1. The first-order chi connectivity index (χ1) is 26.8. The number of fused-ring (bicyclic) bond motifs is 2. The number of rotatable bonds is 10. The maximum Gasteiger partial charge on any atom is 0.408 e. The van der Waals surface area contributed by atoms with Crippen LogP contribution in [0.4, 0.5) is 9.59 Å². The van der Waals surface area contributed by atoms with Crippen LogP contribution in [0.2, 0.25) is 0 Å². The number of nitrogens with one attached hydrogen (secondary N) is 2. The molecule has 0 heterocycles. The van der Waals surface area contributed by atoms with Gasteiger partial charge in [-0.15, -0.1) is 0 Å². The summed E-state index contributed by atoms with van der Waals surface area (Å²) in [6.07, 6.45) is 4.94. The van der Waals surface area contributed by atoms with Gasteiger partial charge in [0.2, 0.25) is 0 Å². The molecule has 2 aromatic carbocycles. The van der Waals surface area contributed by atoms with Crippen LogP contribution in [0.5, 0.6) is 0 Å². The molecule has 8 N–H and O–H groups in total. The number of carboxylic acid groups (broad SMARTS) is 2. The number of alkyl carbamates (subject to hydrolysis) is 2. The fourth-order valence-corrected chi connectivity index (χ4v) is 6.81. The number of benzene rings is 2. The summed E-state index contributed by atoms with van der Waals surface area (Å²) in [7, 11) is 0. The lowest BCUT2D eigenvalue weighted by Crippen LogP contribution is -2.47. The first-order valence-corrected chi connectivity index (χ1v) is 20.7. The zero-order valence-corrected chi connectivity index (χ0v) is 38.8. The number of nitrogens with two attached hydrogens (primary N) is 2. The first-order valence-electron chi connectivity index (χ1n) is 19.8. The Hall–Kier alpha value is -3.79. The average molecular weight is 865 g/mol. The molecule has 2 aromatic rings. The van der Waals surface area contributed by atoms with Crippen molar-refractivity contribution in [2.45, 2.75) is 160 Å². The van der Waals surface area contributed by atoms with Gasteiger partial charge in [-0.2, -0.15) is 26.1 Å². The van der Waals surface area contributed by atoms with E-state index in [1.165, 1.54) is 28.7 Å². The second-order valence-electron chi connectivity index (χ2n) is 17.9. The molecule has 0 saturated heterocycles. The van der Waals surface area contributed by atoms with E-state index in [0.29, 0.717) is 11.8 Å². The predicted octanol–water partition coefficient (Wildman–Crippen LogP) is 7.90. The molecule has 334 valence electrons. The molecule has 13 nitrogen and oxygen atoms in total. The number of thiol groups is 1. The molecule has 0 bridgehead atoms. The third-order valence-electron chi connectivity index (χ3n) is 9.82. The third kappa shape index (κ3) is 19.4. The van der Waals surface area contributed by atoms with E-state index in [0.717, 1.165) is 19.3 Å². The van der Waals surface area contributed by atoms with Crippen molar-refractivity contribution in [2.75, 3.05) is 12.8 Å². The Morgan fingerprint density at radius 2 is 1.15 bits per heavy atom. The molecular formula is C44H72N4O9S2. The lowest BCUT2D eigenvalue weighted by molar-refractivity contribution is -0.140. The van der Waals surface area contributed by atoms with Gasteiger partial charge in [-0.05, 0) is 119 Å². The minimum atomic E-state index is -1.18. The number of aliphatic carboxylic acids is 2. The fraction of sp³-hybridized carbons (Fsp3) is 0.614. The van der Waals surface area contributed by atoms with Crippen molar-refractivity contribution in [3.63, 3.8) is 0 Å². The number of hydrogen-bond donors (Lipinski definition) is 7. The van der Waals surface area contributed by atoms with E-state index in [9.17, 15) is 29.1 Å². The average Bonchev–Trinajstić information content (AvgIpc) is 3.12. The highest BCUT2D eigenvalue weighted by atomic mass is 32.1. The van der Waals surface area contributed by atoms with Crippen LogP contribution in [0.25, 0.3) is 0 Å². The fourth-order valence-electron chi connectivity index (χ4n) is 6.81. The zero-order chi connectivity index (χ0) is 44.6. The number of carboxylic acids is 2. The van der Waals surface area contributed by atoms with Crippen LogP contribution in [0, 0.1) is 0 Å². The normalized spacial score (nSPS) is 18.1. The number of carbonyl (C=O) groups is 5. The van der Waals surface area contributed by atoms with Crippen LogP contribution < -0.4 is 22.1 Å². The molecule has 0 fully saturated rings. The standard InChI is InChI=1S/C23H33NO5.C12H17N.C8H16N2O4.CH4S.H2S/c1-22(2,3)29-21(28)24-19(20(26)27)11-10-16(25)14-15-12-13-23(4,5)18-9-7-6-8-17(15)18;1-12(2)8-7-11(13)9-5-3-4-6-10(9)12;1-8(2,3)14-7(13)10-5(4-9)6(11)12;1-2;/h6-9,15,19H,10-14H2,1-5H3,(H,24,28)(H,26,27);3-6,11H,7-8,13H2,1-2H3;5H,4,9H2,1-3H3,(H,10,13)(H,11,12);2H,1H3;1H2/t15?,19-;;5-;;/m0.0../s1. The van der Waals surface area contributed by atoms with Gasteiger partial charge in [0.1, 0.15) is 29.1 Å². The molecule has 0 aliphatic heterocycles. The van der Waals surface area contributed by atoms with Crippen molar-refractivity contribution in [3.8, 4) is 0 Å². The second kappa shape index (κ2) is 24.5. The summed E-state index contributed by atoms with van der Waals surface area (Å²) < 4.78 is 9.96. The molecule has 2 amide bonds. The number of ether oxygens (including phenoxy) is 2. The van der Waals surface area contributed by atoms with Crippen LogP contribution in [-0.2, 0) is 34.7 Å². The molecule has 0 radical (unpaired) electrons. The molecule has 4 atom stereocenters. The van der Waals surface area contributed by atoms with Crippen LogP contribution in [-0.4, -0.2) is 76.2 Å². The third-order valence-corrected chi connectivity index (χ3v) is 9.82. The summed E-state index contributed by atoms with van der Waals surface area (Å²) in [6.45, 7) is 19.1. The van der Waals surface area contributed by atoms with Crippen molar-refractivity contribution in [3.05, 3.63) is 70.8 Å². The molecular weight excluding hydrogens is 793 g/mol. The van der Waals surface area contributed by atoms with Gasteiger partial charge < -0.3 is 41.8 Å². The Morgan fingerprint density at radius 1 is 0.746 bits per heavy atom. The molecule has 0 spiro atoms. The van der Waals surface area contributed by atoms with E-state index < -0.39 is 47.4 Å². The quantitative estimate of drug-likeness (QED) is 0.114. The number of carbonyl (C=O) groups excluding carboxylic acids is 3. The van der Waals surface area contributed by atoms with Crippen LogP contribution in [0.1, 0.15) is 148 Å². The summed E-state index contributed by atoms with van der Waals surface area (Å²) in [5, 5.41) is 22.4. The Kier molecular flexibility index (Phi) is 22.9. The van der Waals surface area contributed by atoms with Gasteiger partial charge in [-0.1, -0.05) is 76.2 Å². The Labute approximate surface area is 364 Å². The molecule has 2 unspecified atom stereocenters. The maximum absolute atomic E-state index is 12.6. The van der Waals surface area contributed by atoms with Gasteiger partial charge >= 0.3 is 24.1 Å².